The lowest BCUT2D eigenvalue weighted by molar-refractivity contribution is 0.210. The molecular formula is C15H20N4O. The lowest BCUT2D eigenvalue weighted by Gasteiger charge is -2.18. The average Bonchev–Trinajstić information content (AvgIpc) is 2.49. The highest BCUT2D eigenvalue weighted by atomic mass is 16.5. The molecule has 0 saturated carbocycles. The van der Waals surface area contributed by atoms with Gasteiger partial charge in [-0.1, -0.05) is 30.3 Å². The average molecular weight is 272 g/mol. The molecule has 1 aromatic heterocycles. The van der Waals surface area contributed by atoms with Gasteiger partial charge in [-0.25, -0.2) is 4.98 Å². The molecule has 0 spiro atoms. The van der Waals surface area contributed by atoms with Crippen molar-refractivity contribution in [1.82, 2.24) is 9.97 Å². The predicted molar refractivity (Wildman–Crippen MR) is 80.9 cm³/mol. The first kappa shape index (κ1) is 14.3. The van der Waals surface area contributed by atoms with Crippen LogP contribution in [-0.4, -0.2) is 37.3 Å². The number of methoxy groups -OCH3 is 1. The highest BCUT2D eigenvalue weighted by Crippen LogP contribution is 2.13. The molecule has 1 aromatic carbocycles. The molecule has 0 aliphatic carbocycles. The monoisotopic (exact) mass is 272 g/mol. The summed E-state index contributed by atoms with van der Waals surface area (Å²) in [6, 6.07) is 12.2. The fraction of sp³-hybridized carbons (Fsp3) is 0.333. The lowest BCUT2D eigenvalue weighted by atomic mass is 10.2. The van der Waals surface area contributed by atoms with Gasteiger partial charge in [-0.15, -0.1) is 0 Å². The molecule has 0 amide bonds. The first-order chi connectivity index (χ1) is 9.79. The molecule has 0 fully saturated rings. The summed E-state index contributed by atoms with van der Waals surface area (Å²) in [7, 11) is 3.70. The molecule has 20 heavy (non-hydrogen) atoms. The zero-order chi connectivity index (χ0) is 14.2. The Morgan fingerprint density at radius 2 is 2.00 bits per heavy atom. The molecule has 0 unspecified atom stereocenters. The van der Waals surface area contributed by atoms with Gasteiger partial charge in [-0.2, -0.15) is 4.98 Å². The van der Waals surface area contributed by atoms with Crippen LogP contribution in [0, 0.1) is 0 Å². The number of ether oxygens (including phenoxy) is 1. The zero-order valence-corrected chi connectivity index (χ0v) is 11.9. The summed E-state index contributed by atoms with van der Waals surface area (Å²) in [6.07, 6.45) is 1.76. The minimum absolute atomic E-state index is 0.625. The van der Waals surface area contributed by atoms with Crippen LogP contribution in [-0.2, 0) is 11.3 Å². The summed E-state index contributed by atoms with van der Waals surface area (Å²) in [6.45, 7) is 2.14. The van der Waals surface area contributed by atoms with Crippen molar-refractivity contribution in [3.8, 4) is 0 Å². The third kappa shape index (κ3) is 4.20. The van der Waals surface area contributed by atoms with Crippen LogP contribution in [0.2, 0.25) is 0 Å². The Morgan fingerprint density at radius 3 is 2.75 bits per heavy atom. The summed E-state index contributed by atoms with van der Waals surface area (Å²) >= 11 is 0. The van der Waals surface area contributed by atoms with Crippen LogP contribution in [0.4, 0.5) is 11.8 Å². The second-order valence-corrected chi connectivity index (χ2v) is 4.50. The van der Waals surface area contributed by atoms with Gasteiger partial charge in [-0.3, -0.25) is 0 Å². The van der Waals surface area contributed by atoms with Crippen LogP contribution in [0.15, 0.2) is 42.6 Å². The molecule has 0 bridgehead atoms. The SMILES string of the molecule is COCCNc1nccc(N(C)Cc2ccccc2)n1. The van der Waals surface area contributed by atoms with Gasteiger partial charge in [0, 0.05) is 33.4 Å². The lowest BCUT2D eigenvalue weighted by Crippen LogP contribution is -2.19. The van der Waals surface area contributed by atoms with Crippen molar-refractivity contribution < 1.29 is 4.74 Å². The summed E-state index contributed by atoms with van der Waals surface area (Å²) in [5.74, 6) is 1.52. The van der Waals surface area contributed by atoms with Crippen molar-refractivity contribution in [2.75, 3.05) is 37.5 Å². The minimum atomic E-state index is 0.625. The summed E-state index contributed by atoms with van der Waals surface area (Å²) in [5, 5.41) is 3.13. The molecule has 0 atom stereocenters. The Kier molecular flexibility index (Phi) is 5.32. The molecule has 5 nitrogen and oxygen atoms in total. The maximum atomic E-state index is 4.99. The van der Waals surface area contributed by atoms with Gasteiger partial charge in [0.2, 0.25) is 5.95 Å². The quantitative estimate of drug-likeness (QED) is 0.783. The second kappa shape index (κ2) is 7.45. The van der Waals surface area contributed by atoms with Crippen molar-refractivity contribution >= 4 is 11.8 Å². The van der Waals surface area contributed by atoms with Crippen LogP contribution in [0.5, 0.6) is 0 Å². The summed E-state index contributed by atoms with van der Waals surface area (Å²) in [4.78, 5) is 10.8. The normalized spacial score (nSPS) is 10.3. The fourth-order valence-corrected chi connectivity index (χ4v) is 1.85. The van der Waals surface area contributed by atoms with Crippen molar-refractivity contribution in [2.45, 2.75) is 6.54 Å². The van der Waals surface area contributed by atoms with E-state index in [9.17, 15) is 0 Å². The molecule has 2 rings (SSSR count). The van der Waals surface area contributed by atoms with E-state index in [-0.39, 0.29) is 0 Å². The predicted octanol–water partition coefficient (Wildman–Crippen LogP) is 2.17. The number of nitrogens with one attached hydrogen (secondary N) is 1. The van der Waals surface area contributed by atoms with Crippen LogP contribution < -0.4 is 10.2 Å². The highest BCUT2D eigenvalue weighted by molar-refractivity contribution is 5.42. The summed E-state index contributed by atoms with van der Waals surface area (Å²) in [5.41, 5.74) is 1.25. The number of rotatable bonds is 7. The molecule has 0 saturated heterocycles. The molecule has 5 heteroatoms. The molecule has 106 valence electrons. The zero-order valence-electron chi connectivity index (χ0n) is 11.9. The van der Waals surface area contributed by atoms with Crippen molar-refractivity contribution in [1.29, 1.82) is 0 Å². The van der Waals surface area contributed by atoms with E-state index < -0.39 is 0 Å². The van der Waals surface area contributed by atoms with E-state index in [2.05, 4.69) is 32.3 Å². The van der Waals surface area contributed by atoms with Crippen LogP contribution >= 0.6 is 0 Å². The minimum Gasteiger partial charge on any atom is -0.383 e. The third-order valence-corrected chi connectivity index (χ3v) is 2.88. The number of hydrogen-bond donors (Lipinski definition) is 1. The Balaban J connectivity index is 1.99. The molecular weight excluding hydrogens is 252 g/mol. The van der Waals surface area contributed by atoms with E-state index in [1.54, 1.807) is 13.3 Å². The first-order valence-corrected chi connectivity index (χ1v) is 6.60. The Labute approximate surface area is 119 Å². The van der Waals surface area contributed by atoms with Crippen molar-refractivity contribution in [2.24, 2.45) is 0 Å². The fourth-order valence-electron chi connectivity index (χ4n) is 1.85. The first-order valence-electron chi connectivity index (χ1n) is 6.60. The van der Waals surface area contributed by atoms with Crippen molar-refractivity contribution in [3.05, 3.63) is 48.2 Å². The van der Waals surface area contributed by atoms with Crippen molar-refractivity contribution in [3.63, 3.8) is 0 Å². The molecule has 0 radical (unpaired) electrons. The Morgan fingerprint density at radius 1 is 1.20 bits per heavy atom. The molecule has 1 N–H and O–H groups in total. The van der Waals surface area contributed by atoms with Crippen LogP contribution in [0.3, 0.4) is 0 Å². The Bertz CT molecular complexity index is 518. The summed E-state index contributed by atoms with van der Waals surface area (Å²) < 4.78 is 4.99. The van der Waals surface area contributed by atoms with E-state index >= 15 is 0 Å². The number of benzene rings is 1. The van der Waals surface area contributed by atoms with E-state index in [1.807, 2.05) is 31.3 Å². The van der Waals surface area contributed by atoms with E-state index in [4.69, 9.17) is 4.74 Å². The second-order valence-electron chi connectivity index (χ2n) is 4.50. The molecule has 0 aliphatic heterocycles. The topological polar surface area (TPSA) is 50.3 Å². The van der Waals surface area contributed by atoms with Crippen LogP contribution in [0.1, 0.15) is 5.56 Å². The number of anilines is 2. The Hall–Kier alpha value is -2.14. The molecule has 2 aromatic rings. The van der Waals surface area contributed by atoms with Gasteiger partial charge in [0.25, 0.3) is 0 Å². The van der Waals surface area contributed by atoms with Crippen LogP contribution in [0.25, 0.3) is 0 Å². The van der Waals surface area contributed by atoms with E-state index in [0.717, 1.165) is 12.4 Å². The maximum absolute atomic E-state index is 4.99. The largest absolute Gasteiger partial charge is 0.383 e. The van der Waals surface area contributed by atoms with Gasteiger partial charge in [-0.05, 0) is 11.6 Å². The van der Waals surface area contributed by atoms with Gasteiger partial charge in [0.1, 0.15) is 5.82 Å². The number of hydrogen-bond acceptors (Lipinski definition) is 5. The highest BCUT2D eigenvalue weighted by Gasteiger charge is 2.05. The van der Waals surface area contributed by atoms with Gasteiger partial charge in [0.05, 0.1) is 6.61 Å². The standard InChI is InChI=1S/C15H20N4O/c1-19(12-13-6-4-3-5-7-13)14-8-9-16-15(18-14)17-10-11-20-2/h3-9H,10-12H2,1-2H3,(H,16,17,18). The number of aromatic nitrogens is 2. The van der Waals surface area contributed by atoms with Gasteiger partial charge in [0.15, 0.2) is 0 Å². The maximum Gasteiger partial charge on any atom is 0.224 e. The van der Waals surface area contributed by atoms with E-state index in [0.29, 0.717) is 19.1 Å². The smallest absolute Gasteiger partial charge is 0.224 e. The van der Waals surface area contributed by atoms with Gasteiger partial charge < -0.3 is 15.0 Å². The number of nitrogens with zero attached hydrogens (tertiary/aromatic N) is 3. The van der Waals surface area contributed by atoms with Gasteiger partial charge >= 0.3 is 0 Å². The third-order valence-electron chi connectivity index (χ3n) is 2.88. The van der Waals surface area contributed by atoms with E-state index in [1.165, 1.54) is 5.56 Å². The molecule has 1 heterocycles. The molecule has 0 aliphatic rings.